The molecule has 0 bridgehead atoms. The Bertz CT molecular complexity index is 240. The van der Waals surface area contributed by atoms with Crippen LogP contribution in [0.5, 0.6) is 0 Å². The Labute approximate surface area is 61.0 Å². The van der Waals surface area contributed by atoms with Crippen molar-refractivity contribution in [3.05, 3.63) is 29.6 Å². The number of rotatable bonds is 1. The molecular weight excluding hydrogens is 148 g/mol. The lowest BCUT2D eigenvalue weighted by Crippen LogP contribution is -2.02. The van der Waals surface area contributed by atoms with Gasteiger partial charge in [-0.15, -0.1) is 9.24 Å². The minimum absolute atomic E-state index is 0.340. The summed E-state index contributed by atoms with van der Waals surface area (Å²) in [5.74, 6) is -0.345. The van der Waals surface area contributed by atoms with Crippen molar-refractivity contribution < 1.29 is 4.39 Å². The van der Waals surface area contributed by atoms with Crippen LogP contribution in [0.15, 0.2) is 18.2 Å². The number of nitrogens with one attached hydrogen (secondary N) is 1. The van der Waals surface area contributed by atoms with Crippen molar-refractivity contribution in [1.29, 1.82) is 5.41 Å². The van der Waals surface area contributed by atoms with Crippen LogP contribution in [0.2, 0.25) is 0 Å². The highest BCUT2D eigenvalue weighted by Gasteiger charge is 1.99. The highest BCUT2D eigenvalue weighted by Crippen LogP contribution is 2.03. The van der Waals surface area contributed by atoms with Crippen molar-refractivity contribution in [2.24, 2.45) is 0 Å². The second kappa shape index (κ2) is 2.89. The Hall–Kier alpha value is -0.750. The van der Waals surface area contributed by atoms with Gasteiger partial charge in [0.15, 0.2) is 0 Å². The predicted octanol–water partition coefficient (Wildman–Crippen LogP) is 1.32. The van der Waals surface area contributed by atoms with Gasteiger partial charge in [0.05, 0.1) is 0 Å². The maximum atomic E-state index is 12.7. The number of halogens is 1. The van der Waals surface area contributed by atoms with Gasteiger partial charge in [-0.25, -0.2) is 4.39 Å². The fraction of sp³-hybridized carbons (Fsp3) is 0. The SMILES string of the molecule is N=Cc1c(F)cccc1P. The summed E-state index contributed by atoms with van der Waals surface area (Å²) >= 11 is 0. The molecule has 1 nitrogen and oxygen atoms in total. The fourth-order valence-electron chi connectivity index (χ4n) is 0.706. The lowest BCUT2D eigenvalue weighted by Gasteiger charge is -1.97. The summed E-state index contributed by atoms with van der Waals surface area (Å²) in [5, 5.41) is 7.56. The smallest absolute Gasteiger partial charge is 0.132 e. The zero-order chi connectivity index (χ0) is 7.56. The van der Waals surface area contributed by atoms with Crippen LogP contribution in [0, 0.1) is 11.2 Å². The third-order valence-electron chi connectivity index (χ3n) is 1.23. The Balaban J connectivity index is 3.30. The summed E-state index contributed by atoms with van der Waals surface area (Å²) in [4.78, 5) is 0. The van der Waals surface area contributed by atoms with Crippen molar-refractivity contribution in [3.63, 3.8) is 0 Å². The molecule has 0 aliphatic rings. The lowest BCUT2D eigenvalue weighted by molar-refractivity contribution is 0.627. The van der Waals surface area contributed by atoms with Gasteiger partial charge in [0.2, 0.25) is 0 Å². The molecule has 0 amide bonds. The van der Waals surface area contributed by atoms with Gasteiger partial charge in [-0.05, 0) is 11.4 Å². The molecule has 52 valence electrons. The van der Waals surface area contributed by atoms with E-state index in [1.54, 1.807) is 12.1 Å². The third kappa shape index (κ3) is 1.22. The van der Waals surface area contributed by atoms with Gasteiger partial charge in [-0.2, -0.15) is 0 Å². The monoisotopic (exact) mass is 155 g/mol. The first-order valence-electron chi connectivity index (χ1n) is 2.80. The Morgan fingerprint density at radius 2 is 2.20 bits per heavy atom. The molecule has 1 atom stereocenters. The highest BCUT2D eigenvalue weighted by atomic mass is 31.0. The van der Waals surface area contributed by atoms with Crippen LogP contribution in [-0.2, 0) is 0 Å². The van der Waals surface area contributed by atoms with E-state index in [9.17, 15) is 4.39 Å². The summed E-state index contributed by atoms with van der Waals surface area (Å²) in [5.41, 5.74) is 0.340. The van der Waals surface area contributed by atoms with Gasteiger partial charge in [-0.1, -0.05) is 12.1 Å². The first-order chi connectivity index (χ1) is 4.75. The number of hydrogen-bond donors (Lipinski definition) is 1. The molecule has 1 rings (SSSR count). The van der Waals surface area contributed by atoms with Crippen molar-refractivity contribution in [2.45, 2.75) is 0 Å². The van der Waals surface area contributed by atoms with E-state index in [1.807, 2.05) is 0 Å². The molecular formula is C7H7FNP. The molecule has 0 spiro atoms. The van der Waals surface area contributed by atoms with E-state index in [0.29, 0.717) is 5.56 Å². The zero-order valence-corrected chi connectivity index (χ0v) is 6.42. The van der Waals surface area contributed by atoms with E-state index in [-0.39, 0.29) is 5.82 Å². The topological polar surface area (TPSA) is 23.9 Å². The van der Waals surface area contributed by atoms with Crippen molar-refractivity contribution in [1.82, 2.24) is 0 Å². The van der Waals surface area contributed by atoms with E-state index in [2.05, 4.69) is 9.24 Å². The summed E-state index contributed by atoms with van der Waals surface area (Å²) in [6.45, 7) is 0. The van der Waals surface area contributed by atoms with Gasteiger partial charge in [-0.3, -0.25) is 0 Å². The van der Waals surface area contributed by atoms with Crippen LogP contribution < -0.4 is 5.30 Å². The van der Waals surface area contributed by atoms with Gasteiger partial charge in [0, 0.05) is 11.8 Å². The van der Waals surface area contributed by atoms with E-state index in [1.165, 1.54) is 6.07 Å². The normalized spacial score (nSPS) is 9.40. The standard InChI is InChI=1S/C7H7FNP/c8-6-2-1-3-7(10)5(6)4-9/h1-4,9H,10H2. The first kappa shape index (κ1) is 7.36. The molecule has 0 aliphatic carbocycles. The molecule has 3 heteroatoms. The van der Waals surface area contributed by atoms with Gasteiger partial charge in [0.1, 0.15) is 5.82 Å². The van der Waals surface area contributed by atoms with Gasteiger partial charge in [0.25, 0.3) is 0 Å². The second-order valence-electron chi connectivity index (χ2n) is 1.89. The maximum absolute atomic E-state index is 12.7. The summed E-state index contributed by atoms with van der Waals surface area (Å²) in [7, 11) is 2.37. The quantitative estimate of drug-likeness (QED) is 0.467. The zero-order valence-electron chi connectivity index (χ0n) is 5.26. The Morgan fingerprint density at radius 1 is 1.50 bits per heavy atom. The predicted molar refractivity (Wildman–Crippen MR) is 43.6 cm³/mol. The highest BCUT2D eigenvalue weighted by molar-refractivity contribution is 7.27. The van der Waals surface area contributed by atoms with Gasteiger partial charge < -0.3 is 5.41 Å². The van der Waals surface area contributed by atoms with Crippen molar-refractivity contribution in [3.8, 4) is 0 Å². The van der Waals surface area contributed by atoms with E-state index in [0.717, 1.165) is 11.5 Å². The van der Waals surface area contributed by atoms with Crippen LogP contribution >= 0.6 is 9.24 Å². The third-order valence-corrected chi connectivity index (χ3v) is 1.73. The minimum atomic E-state index is -0.345. The minimum Gasteiger partial charge on any atom is -0.308 e. The van der Waals surface area contributed by atoms with Crippen LogP contribution in [0.1, 0.15) is 5.56 Å². The molecule has 0 radical (unpaired) electrons. The molecule has 0 heterocycles. The van der Waals surface area contributed by atoms with E-state index in [4.69, 9.17) is 5.41 Å². The molecule has 1 N–H and O–H groups in total. The molecule has 0 fully saturated rings. The van der Waals surface area contributed by atoms with Crippen molar-refractivity contribution >= 4 is 20.8 Å². The Kier molecular flexibility index (Phi) is 2.13. The number of hydrogen-bond acceptors (Lipinski definition) is 1. The molecule has 0 aromatic heterocycles. The molecule has 0 saturated carbocycles. The molecule has 0 saturated heterocycles. The van der Waals surface area contributed by atoms with Gasteiger partial charge >= 0.3 is 0 Å². The summed E-state index contributed by atoms with van der Waals surface area (Å²) < 4.78 is 12.7. The molecule has 1 unspecified atom stereocenters. The molecule has 1 aromatic carbocycles. The fourth-order valence-corrected chi connectivity index (χ4v) is 1.04. The lowest BCUT2D eigenvalue weighted by atomic mass is 10.2. The first-order valence-corrected chi connectivity index (χ1v) is 3.38. The average molecular weight is 155 g/mol. The molecule has 10 heavy (non-hydrogen) atoms. The molecule has 1 aromatic rings. The summed E-state index contributed by atoms with van der Waals surface area (Å²) in [6.07, 6.45) is 1.01. The van der Waals surface area contributed by atoms with E-state index < -0.39 is 0 Å². The van der Waals surface area contributed by atoms with Crippen LogP contribution in [0.4, 0.5) is 4.39 Å². The summed E-state index contributed by atoms with van der Waals surface area (Å²) in [6, 6.07) is 4.70. The maximum Gasteiger partial charge on any atom is 0.132 e. The van der Waals surface area contributed by atoms with Crippen LogP contribution in [0.3, 0.4) is 0 Å². The molecule has 0 aliphatic heterocycles. The average Bonchev–Trinajstić information content (AvgIpc) is 1.88. The Morgan fingerprint density at radius 3 is 2.60 bits per heavy atom. The largest absolute Gasteiger partial charge is 0.308 e. The number of benzene rings is 1. The van der Waals surface area contributed by atoms with Crippen LogP contribution in [-0.4, -0.2) is 6.21 Å². The van der Waals surface area contributed by atoms with Crippen molar-refractivity contribution in [2.75, 3.05) is 0 Å². The van der Waals surface area contributed by atoms with E-state index >= 15 is 0 Å². The van der Waals surface area contributed by atoms with Crippen LogP contribution in [0.25, 0.3) is 0 Å². The second-order valence-corrected chi connectivity index (χ2v) is 2.51.